The van der Waals surface area contributed by atoms with Gasteiger partial charge in [-0.2, -0.15) is 10.1 Å². The maximum atomic E-state index is 12.9. The van der Waals surface area contributed by atoms with Crippen LogP contribution in [0.3, 0.4) is 0 Å². The van der Waals surface area contributed by atoms with E-state index >= 15 is 0 Å². The second-order valence-electron chi connectivity index (χ2n) is 6.92. The fourth-order valence-electron chi connectivity index (χ4n) is 2.89. The smallest absolute Gasteiger partial charge is 0.341 e. The number of thioether (sulfide) groups is 1. The second kappa shape index (κ2) is 12.0. The van der Waals surface area contributed by atoms with Crippen LogP contribution in [0, 0.1) is 0 Å². The zero-order valence-corrected chi connectivity index (χ0v) is 20.6. The van der Waals surface area contributed by atoms with Crippen molar-refractivity contribution >= 4 is 58.4 Å². The van der Waals surface area contributed by atoms with E-state index in [0.29, 0.717) is 27.5 Å². The third-order valence-corrected chi connectivity index (χ3v) is 5.75. The van der Waals surface area contributed by atoms with Crippen LogP contribution < -0.4 is 18.9 Å². The summed E-state index contributed by atoms with van der Waals surface area (Å²) in [6.07, 6.45) is 3.02. The highest BCUT2D eigenvalue weighted by molar-refractivity contribution is 8.26. The van der Waals surface area contributed by atoms with Gasteiger partial charge >= 0.3 is 11.9 Å². The lowest BCUT2D eigenvalue weighted by atomic mass is 10.2. The Morgan fingerprint density at radius 3 is 2.00 bits per heavy atom. The van der Waals surface area contributed by atoms with Crippen LogP contribution in [0.5, 0.6) is 23.0 Å². The van der Waals surface area contributed by atoms with Gasteiger partial charge in [0.15, 0.2) is 40.5 Å². The van der Waals surface area contributed by atoms with Gasteiger partial charge < -0.3 is 29.2 Å². The summed E-state index contributed by atoms with van der Waals surface area (Å²) in [5.74, 6) is -1.56. The van der Waals surface area contributed by atoms with Crippen molar-refractivity contribution < 1.29 is 43.5 Å². The Morgan fingerprint density at radius 2 is 1.47 bits per heavy atom. The van der Waals surface area contributed by atoms with Gasteiger partial charge in [-0.1, -0.05) is 17.8 Å². The van der Waals surface area contributed by atoms with Crippen molar-refractivity contribution in [3.63, 3.8) is 0 Å². The molecule has 1 aliphatic heterocycles. The molecule has 36 heavy (non-hydrogen) atoms. The predicted molar refractivity (Wildman–Crippen MR) is 135 cm³/mol. The first kappa shape index (κ1) is 26.5. The van der Waals surface area contributed by atoms with E-state index in [9.17, 15) is 14.4 Å². The summed E-state index contributed by atoms with van der Waals surface area (Å²) in [6, 6.07) is 9.53. The van der Waals surface area contributed by atoms with Crippen LogP contribution in [-0.2, 0) is 14.4 Å². The number of rotatable bonds is 11. The minimum absolute atomic E-state index is 0.226. The second-order valence-corrected chi connectivity index (χ2v) is 8.60. The maximum Gasteiger partial charge on any atom is 0.341 e. The first-order valence-corrected chi connectivity index (χ1v) is 11.3. The molecule has 0 unspecified atom stereocenters. The van der Waals surface area contributed by atoms with Gasteiger partial charge in [-0.05, 0) is 59.8 Å². The molecule has 13 heteroatoms. The SMILES string of the molecule is COc1cc(/C=N\N2C(=O)/C(=C\c3ccc(OCC(=O)O)c(OC)c3)SC2=S)ccc1OCC(=O)O. The van der Waals surface area contributed by atoms with Crippen LogP contribution in [0.25, 0.3) is 6.08 Å². The number of aliphatic carboxylic acids is 2. The number of benzene rings is 2. The van der Waals surface area contributed by atoms with Crippen molar-refractivity contribution in [1.29, 1.82) is 0 Å². The Labute approximate surface area is 214 Å². The van der Waals surface area contributed by atoms with Crippen LogP contribution in [0.4, 0.5) is 0 Å². The summed E-state index contributed by atoms with van der Waals surface area (Å²) in [5.41, 5.74) is 1.18. The molecule has 1 heterocycles. The summed E-state index contributed by atoms with van der Waals surface area (Å²) < 4.78 is 21.0. The third-order valence-electron chi connectivity index (χ3n) is 4.47. The normalized spacial score (nSPS) is 14.4. The molecule has 1 amide bonds. The largest absolute Gasteiger partial charge is 0.493 e. The molecule has 0 spiro atoms. The molecule has 1 fully saturated rings. The highest BCUT2D eigenvalue weighted by Crippen LogP contribution is 2.35. The maximum absolute atomic E-state index is 12.9. The Balaban J connectivity index is 1.75. The van der Waals surface area contributed by atoms with E-state index in [-0.39, 0.29) is 15.8 Å². The van der Waals surface area contributed by atoms with E-state index in [1.165, 1.54) is 26.5 Å². The molecule has 2 aromatic carbocycles. The quantitative estimate of drug-likeness (QED) is 0.250. The number of hydrogen-bond donors (Lipinski definition) is 2. The fraction of sp³-hybridized carbons (Fsp3) is 0.174. The molecule has 1 aliphatic rings. The summed E-state index contributed by atoms with van der Waals surface area (Å²) in [7, 11) is 2.83. The van der Waals surface area contributed by atoms with Crippen LogP contribution in [0.15, 0.2) is 46.4 Å². The van der Waals surface area contributed by atoms with Gasteiger partial charge in [-0.3, -0.25) is 4.79 Å². The highest BCUT2D eigenvalue weighted by Gasteiger charge is 2.32. The zero-order chi connectivity index (χ0) is 26.2. The third kappa shape index (κ3) is 6.73. The molecule has 2 aromatic rings. The first-order valence-electron chi connectivity index (χ1n) is 10.1. The molecule has 1 saturated heterocycles. The van der Waals surface area contributed by atoms with Gasteiger partial charge in [0.05, 0.1) is 25.3 Å². The van der Waals surface area contributed by atoms with Crippen molar-refractivity contribution in [2.24, 2.45) is 5.10 Å². The molecule has 0 aliphatic carbocycles. The lowest BCUT2D eigenvalue weighted by Gasteiger charge is -2.10. The number of ether oxygens (including phenoxy) is 4. The standard InChI is InChI=1S/C23H20N2O9S2/c1-31-17-7-13(3-5-15(17)33-11-20(26)27)9-19-22(30)25(23(35)36-19)24-10-14-4-6-16(18(8-14)32-2)34-12-21(28)29/h3-10H,11-12H2,1-2H3,(H,26,27)(H,28,29)/b19-9+,24-10-. The Morgan fingerprint density at radius 1 is 0.944 bits per heavy atom. The number of hydrogen-bond acceptors (Lipinski definition) is 10. The summed E-state index contributed by atoms with van der Waals surface area (Å²) in [6.45, 7) is -1.03. The number of carboxylic acids is 2. The van der Waals surface area contributed by atoms with Crippen LogP contribution in [0.1, 0.15) is 11.1 Å². The molecule has 0 radical (unpaired) electrons. The molecule has 188 valence electrons. The van der Waals surface area contributed by atoms with E-state index in [1.54, 1.807) is 36.4 Å². The van der Waals surface area contributed by atoms with Gasteiger partial charge in [0.2, 0.25) is 0 Å². The van der Waals surface area contributed by atoms with Gasteiger partial charge in [-0.15, -0.1) is 0 Å². The minimum Gasteiger partial charge on any atom is -0.493 e. The number of thiocarbonyl (C=S) groups is 1. The number of carbonyl (C=O) groups is 3. The number of amides is 1. The number of carboxylic acid groups (broad SMARTS) is 2. The molecule has 0 bridgehead atoms. The number of carbonyl (C=O) groups excluding carboxylic acids is 1. The first-order chi connectivity index (χ1) is 17.2. The van der Waals surface area contributed by atoms with Gasteiger partial charge in [0, 0.05) is 0 Å². The van der Waals surface area contributed by atoms with Crippen molar-refractivity contribution in [2.75, 3.05) is 27.4 Å². The lowest BCUT2D eigenvalue weighted by Crippen LogP contribution is -2.22. The van der Waals surface area contributed by atoms with Gasteiger partial charge in [0.25, 0.3) is 5.91 Å². The lowest BCUT2D eigenvalue weighted by molar-refractivity contribution is -0.140. The molecule has 2 N–H and O–H groups in total. The van der Waals surface area contributed by atoms with Crippen molar-refractivity contribution in [3.05, 3.63) is 52.4 Å². The molecule has 11 nitrogen and oxygen atoms in total. The molecule has 0 aromatic heterocycles. The average Bonchev–Trinajstić information content (AvgIpc) is 3.12. The van der Waals surface area contributed by atoms with Gasteiger partial charge in [0.1, 0.15) is 0 Å². The summed E-state index contributed by atoms with van der Waals surface area (Å²) in [4.78, 5) is 34.7. The van der Waals surface area contributed by atoms with Crippen LogP contribution >= 0.6 is 24.0 Å². The fourth-order valence-corrected chi connectivity index (χ4v) is 4.06. The summed E-state index contributed by atoms with van der Waals surface area (Å²) >= 11 is 6.36. The zero-order valence-electron chi connectivity index (χ0n) is 19.0. The molecule has 3 rings (SSSR count). The monoisotopic (exact) mass is 532 g/mol. The summed E-state index contributed by atoms with van der Waals surface area (Å²) in [5, 5.41) is 22.8. The Hall–Kier alpha value is -4.10. The molecule has 0 saturated carbocycles. The number of hydrazone groups is 1. The van der Waals surface area contributed by atoms with Gasteiger partial charge in [-0.25, -0.2) is 9.59 Å². The van der Waals surface area contributed by atoms with E-state index in [1.807, 2.05) is 0 Å². The van der Waals surface area contributed by atoms with Crippen molar-refractivity contribution in [2.45, 2.75) is 0 Å². The van der Waals surface area contributed by atoms with E-state index in [0.717, 1.165) is 16.8 Å². The van der Waals surface area contributed by atoms with Crippen molar-refractivity contribution in [3.8, 4) is 23.0 Å². The molecular weight excluding hydrogens is 512 g/mol. The predicted octanol–water partition coefficient (Wildman–Crippen LogP) is 2.87. The van der Waals surface area contributed by atoms with E-state index in [2.05, 4.69) is 5.10 Å². The van der Waals surface area contributed by atoms with Crippen LogP contribution in [0.2, 0.25) is 0 Å². The van der Waals surface area contributed by atoms with Crippen LogP contribution in [-0.4, -0.2) is 71.0 Å². The minimum atomic E-state index is -1.12. The van der Waals surface area contributed by atoms with E-state index < -0.39 is 31.1 Å². The number of nitrogens with zero attached hydrogens (tertiary/aromatic N) is 2. The Kier molecular flexibility index (Phi) is 8.86. The topological polar surface area (TPSA) is 144 Å². The highest BCUT2D eigenvalue weighted by atomic mass is 32.2. The molecular formula is C23H20N2O9S2. The molecule has 0 atom stereocenters. The van der Waals surface area contributed by atoms with E-state index in [4.69, 9.17) is 41.4 Å². The Bertz CT molecular complexity index is 1260. The number of methoxy groups -OCH3 is 2. The average molecular weight is 533 g/mol. The van der Waals surface area contributed by atoms with Crippen molar-refractivity contribution in [1.82, 2.24) is 5.01 Å².